The van der Waals surface area contributed by atoms with Gasteiger partial charge in [0.05, 0.1) is 17.2 Å². The van der Waals surface area contributed by atoms with Gasteiger partial charge in [0.15, 0.2) is 17.2 Å². The number of phenolic OH excluding ortho intramolecular Hbond substituents is 1. The van der Waals surface area contributed by atoms with Crippen molar-refractivity contribution in [3.63, 3.8) is 0 Å². The van der Waals surface area contributed by atoms with Crippen molar-refractivity contribution < 1.29 is 39.6 Å². The molecule has 3 aliphatic rings. The second-order valence-corrected chi connectivity index (χ2v) is 9.36. The standard InChI is InChI=1S/C23H27N3O8/c1-25-22(33)11-7-12(26(2)3)10-5-8-4-9-6-13(27)16(21(24)32)20(31)23(9,34)19(30)14(8)18(29)15(10)17(11)28/h7-9,13,16,27-28,30,34H,4-6H2,1-3H3,(H2,24,32)(H,25,33)/t8-,9+,13?,16?,23+/m1/s1. The summed E-state index contributed by atoms with van der Waals surface area (Å²) in [4.78, 5) is 52.5. The Bertz CT molecular complexity index is 1170. The maximum Gasteiger partial charge on any atom is 0.254 e. The molecule has 11 heteroatoms. The minimum atomic E-state index is -2.57. The molecule has 11 nitrogen and oxygen atoms in total. The van der Waals surface area contributed by atoms with Crippen LogP contribution in [0.25, 0.3) is 0 Å². The molecule has 0 radical (unpaired) electrons. The molecular weight excluding hydrogens is 446 g/mol. The van der Waals surface area contributed by atoms with Gasteiger partial charge >= 0.3 is 0 Å². The van der Waals surface area contributed by atoms with Crippen molar-refractivity contribution in [3.05, 3.63) is 34.1 Å². The largest absolute Gasteiger partial charge is 0.508 e. The first-order valence-electron chi connectivity index (χ1n) is 10.9. The zero-order chi connectivity index (χ0) is 25.3. The number of carbonyl (C=O) groups is 4. The third kappa shape index (κ3) is 3.03. The van der Waals surface area contributed by atoms with Crippen LogP contribution in [0.1, 0.15) is 39.1 Å². The second-order valence-electron chi connectivity index (χ2n) is 9.36. The number of nitrogens with one attached hydrogen (secondary N) is 1. The van der Waals surface area contributed by atoms with Crippen LogP contribution in [0, 0.1) is 17.8 Å². The molecule has 2 amide bonds. The fourth-order valence-electron chi connectivity index (χ4n) is 5.68. The first-order valence-corrected chi connectivity index (χ1v) is 10.9. The summed E-state index contributed by atoms with van der Waals surface area (Å²) < 4.78 is 0. The monoisotopic (exact) mass is 473 g/mol. The number of benzene rings is 1. The van der Waals surface area contributed by atoms with Crippen LogP contribution in [0.4, 0.5) is 5.69 Å². The number of ketones is 2. The molecule has 7 N–H and O–H groups in total. The van der Waals surface area contributed by atoms with Crippen LogP contribution in [0.3, 0.4) is 0 Å². The lowest BCUT2D eigenvalue weighted by atomic mass is 9.57. The first kappa shape index (κ1) is 23.7. The maximum absolute atomic E-state index is 13.6. The number of nitrogens with zero attached hydrogens (tertiary/aromatic N) is 1. The number of hydrogen-bond acceptors (Lipinski definition) is 9. The minimum absolute atomic E-state index is 0.0696. The van der Waals surface area contributed by atoms with E-state index in [1.54, 1.807) is 19.0 Å². The molecule has 0 aliphatic heterocycles. The van der Waals surface area contributed by atoms with E-state index in [9.17, 15) is 39.6 Å². The van der Waals surface area contributed by atoms with Crippen molar-refractivity contribution in [3.8, 4) is 5.75 Å². The average molecular weight is 473 g/mol. The summed E-state index contributed by atoms with van der Waals surface area (Å²) in [5.74, 6) is -8.54. The number of primary amides is 1. The number of rotatable bonds is 3. The smallest absolute Gasteiger partial charge is 0.254 e. The first-order chi connectivity index (χ1) is 15.9. The van der Waals surface area contributed by atoms with Gasteiger partial charge in [-0.2, -0.15) is 0 Å². The zero-order valence-corrected chi connectivity index (χ0v) is 19.0. The normalized spacial score (nSPS) is 30.3. The summed E-state index contributed by atoms with van der Waals surface area (Å²) in [6.45, 7) is 0. The van der Waals surface area contributed by atoms with Crippen molar-refractivity contribution in [2.45, 2.75) is 31.0 Å². The lowest BCUT2D eigenvalue weighted by Gasteiger charge is -2.48. The lowest BCUT2D eigenvalue weighted by Crippen LogP contribution is -2.63. The summed E-state index contributed by atoms with van der Waals surface area (Å²) in [6, 6.07) is 1.47. The van der Waals surface area contributed by atoms with E-state index < -0.39 is 64.3 Å². The number of phenols is 1. The molecule has 34 heavy (non-hydrogen) atoms. The minimum Gasteiger partial charge on any atom is -0.508 e. The van der Waals surface area contributed by atoms with E-state index in [0.29, 0.717) is 11.3 Å². The number of amides is 2. The van der Waals surface area contributed by atoms with Gasteiger partial charge in [-0.15, -0.1) is 0 Å². The highest BCUT2D eigenvalue weighted by molar-refractivity contribution is 6.17. The van der Waals surface area contributed by atoms with E-state index in [4.69, 9.17) is 5.73 Å². The Morgan fingerprint density at radius 1 is 1.21 bits per heavy atom. The highest BCUT2D eigenvalue weighted by Crippen LogP contribution is 2.52. The summed E-state index contributed by atoms with van der Waals surface area (Å²) in [5.41, 5.74) is 3.06. The Kier molecular flexibility index (Phi) is 5.45. The number of anilines is 1. The molecule has 0 bridgehead atoms. The Balaban J connectivity index is 1.94. The summed E-state index contributed by atoms with van der Waals surface area (Å²) in [6.07, 6.45) is -1.36. The highest BCUT2D eigenvalue weighted by atomic mass is 16.3. The van der Waals surface area contributed by atoms with Gasteiger partial charge in [0.2, 0.25) is 5.91 Å². The fraction of sp³-hybridized carbons (Fsp3) is 0.478. The third-order valence-corrected chi connectivity index (χ3v) is 7.32. The molecule has 1 fully saturated rings. The maximum atomic E-state index is 13.6. The fourth-order valence-corrected chi connectivity index (χ4v) is 5.68. The zero-order valence-electron chi connectivity index (χ0n) is 19.0. The van der Waals surface area contributed by atoms with Gasteiger partial charge in [-0.1, -0.05) is 0 Å². The molecule has 5 atom stereocenters. The molecule has 1 aromatic carbocycles. The van der Waals surface area contributed by atoms with Crippen molar-refractivity contribution in [1.82, 2.24) is 5.32 Å². The molecular formula is C23H27N3O8. The van der Waals surface area contributed by atoms with Crippen molar-refractivity contribution in [1.29, 1.82) is 0 Å². The molecule has 182 valence electrons. The van der Waals surface area contributed by atoms with Crippen molar-refractivity contribution in [2.24, 2.45) is 23.5 Å². The second kappa shape index (κ2) is 7.81. The highest BCUT2D eigenvalue weighted by Gasteiger charge is 2.62. The van der Waals surface area contributed by atoms with Gasteiger partial charge in [0, 0.05) is 38.3 Å². The molecule has 1 aromatic rings. The van der Waals surface area contributed by atoms with E-state index in [1.807, 2.05) is 0 Å². The van der Waals surface area contributed by atoms with Crippen LogP contribution < -0.4 is 16.0 Å². The molecule has 2 unspecified atom stereocenters. The van der Waals surface area contributed by atoms with E-state index in [-0.39, 0.29) is 36.0 Å². The summed E-state index contributed by atoms with van der Waals surface area (Å²) in [7, 11) is 4.80. The van der Waals surface area contributed by atoms with Crippen LogP contribution in [0.15, 0.2) is 17.4 Å². The predicted octanol–water partition coefficient (Wildman–Crippen LogP) is -0.829. The number of carbonyl (C=O) groups excluding carboxylic acids is 4. The number of fused-ring (bicyclic) bond motifs is 3. The lowest BCUT2D eigenvalue weighted by molar-refractivity contribution is -0.167. The van der Waals surface area contributed by atoms with Crippen LogP contribution in [0.5, 0.6) is 5.75 Å². The Morgan fingerprint density at radius 3 is 2.41 bits per heavy atom. The number of aromatic hydroxyl groups is 1. The number of allylic oxidation sites excluding steroid dienone is 1. The van der Waals surface area contributed by atoms with Gasteiger partial charge in [-0.25, -0.2) is 0 Å². The average Bonchev–Trinajstić information content (AvgIpc) is 2.75. The van der Waals surface area contributed by atoms with Gasteiger partial charge in [-0.05, 0) is 36.8 Å². The SMILES string of the molecule is CNC(=O)c1cc(N(C)C)c2c(c1O)C(=O)C1=C(O)[C@]3(O)C(=O)C(C(N)=O)C(O)C[C@@H]3C[C@@H]1C2. The van der Waals surface area contributed by atoms with Crippen molar-refractivity contribution >= 4 is 29.1 Å². The van der Waals surface area contributed by atoms with E-state index in [2.05, 4.69) is 5.32 Å². The Hall–Kier alpha value is -3.44. The van der Waals surface area contributed by atoms with Crippen LogP contribution in [0.2, 0.25) is 0 Å². The Labute approximate surface area is 194 Å². The van der Waals surface area contributed by atoms with E-state index >= 15 is 0 Å². The van der Waals surface area contributed by atoms with Crippen LogP contribution in [-0.4, -0.2) is 76.7 Å². The summed E-state index contributed by atoms with van der Waals surface area (Å²) in [5, 5.41) is 46.0. The molecule has 0 saturated heterocycles. The van der Waals surface area contributed by atoms with Crippen molar-refractivity contribution in [2.75, 3.05) is 26.0 Å². The van der Waals surface area contributed by atoms with Gasteiger partial charge in [0.1, 0.15) is 17.4 Å². The number of hydrogen-bond donors (Lipinski definition) is 6. The molecule has 0 spiro atoms. The van der Waals surface area contributed by atoms with Gasteiger partial charge in [-0.3, -0.25) is 19.2 Å². The molecule has 1 saturated carbocycles. The van der Waals surface area contributed by atoms with Gasteiger partial charge < -0.3 is 36.4 Å². The Morgan fingerprint density at radius 2 is 1.85 bits per heavy atom. The van der Waals surface area contributed by atoms with E-state index in [0.717, 1.165) is 0 Å². The van der Waals surface area contributed by atoms with Gasteiger partial charge in [0.25, 0.3) is 5.91 Å². The topological polar surface area (TPSA) is 190 Å². The third-order valence-electron chi connectivity index (χ3n) is 7.32. The van der Waals surface area contributed by atoms with Crippen LogP contribution >= 0.6 is 0 Å². The quantitative estimate of drug-likeness (QED) is 0.304. The molecule has 4 rings (SSSR count). The number of aliphatic hydroxyl groups excluding tert-OH is 2. The summed E-state index contributed by atoms with van der Waals surface area (Å²) >= 11 is 0. The molecule has 0 heterocycles. The molecule has 3 aliphatic carbocycles. The molecule has 0 aromatic heterocycles. The van der Waals surface area contributed by atoms with Crippen LogP contribution in [-0.2, 0) is 16.0 Å². The number of Topliss-reactive ketones (excluding diaryl/α,β-unsaturated/α-hetero) is 2. The number of aliphatic hydroxyl groups is 3. The van der Waals surface area contributed by atoms with E-state index in [1.165, 1.54) is 13.1 Å². The predicted molar refractivity (Wildman–Crippen MR) is 118 cm³/mol. The number of nitrogens with two attached hydrogens (primary N) is 1.